The lowest BCUT2D eigenvalue weighted by molar-refractivity contribution is -0.151. The molecule has 0 rings (SSSR count). The van der Waals surface area contributed by atoms with Crippen LogP contribution in [0.1, 0.15) is 20.3 Å². The molecule has 68 valence electrons. The Kier molecular flexibility index (Phi) is 3.68. The molecule has 0 spiro atoms. The van der Waals surface area contributed by atoms with Crippen molar-refractivity contribution >= 4 is 5.97 Å². The molecular weight excluding hydrogens is 166 g/mol. The average molecular weight is 176 g/mol. The van der Waals surface area contributed by atoms with Crippen molar-refractivity contribution in [2.24, 2.45) is 5.92 Å². The number of aliphatic carboxylic acids is 1. The van der Waals surface area contributed by atoms with E-state index in [1.807, 2.05) is 5.92 Å². The van der Waals surface area contributed by atoms with Gasteiger partial charge in [0.1, 0.15) is 0 Å². The van der Waals surface area contributed by atoms with Gasteiger partial charge in [0.05, 0.1) is 0 Å². The van der Waals surface area contributed by atoms with Gasteiger partial charge in [-0.05, 0) is 6.92 Å². The first-order chi connectivity index (χ1) is 5.45. The van der Waals surface area contributed by atoms with Gasteiger partial charge in [-0.25, -0.2) is 8.78 Å². The second-order valence-corrected chi connectivity index (χ2v) is 2.28. The molecule has 0 amide bonds. The lowest BCUT2D eigenvalue weighted by atomic mass is 10.0. The summed E-state index contributed by atoms with van der Waals surface area (Å²) in [4.78, 5) is 10.3. The SMILES string of the molecule is CC#CC(C(=O)O)C(F)(F)CC. The summed E-state index contributed by atoms with van der Waals surface area (Å²) in [7, 11) is 0. The van der Waals surface area contributed by atoms with Crippen LogP contribution in [0, 0.1) is 17.8 Å². The summed E-state index contributed by atoms with van der Waals surface area (Å²) in [5.41, 5.74) is 0. The standard InChI is InChI=1S/C8H10F2O2/c1-3-5-6(7(11)12)8(9,10)4-2/h6H,4H2,1-2H3,(H,11,12). The maximum Gasteiger partial charge on any atom is 0.324 e. The molecule has 0 aromatic heterocycles. The molecule has 1 unspecified atom stereocenters. The second kappa shape index (κ2) is 4.05. The molecule has 0 aromatic rings. The smallest absolute Gasteiger partial charge is 0.324 e. The second-order valence-electron chi connectivity index (χ2n) is 2.28. The van der Waals surface area contributed by atoms with E-state index in [1.54, 1.807) is 0 Å². The van der Waals surface area contributed by atoms with E-state index in [9.17, 15) is 13.6 Å². The van der Waals surface area contributed by atoms with Crippen LogP contribution in [0.2, 0.25) is 0 Å². The Labute approximate surface area is 69.6 Å². The Balaban J connectivity index is 4.70. The van der Waals surface area contributed by atoms with Crippen LogP contribution in [-0.4, -0.2) is 17.0 Å². The molecule has 0 saturated carbocycles. The van der Waals surface area contributed by atoms with Gasteiger partial charge in [-0.15, -0.1) is 5.92 Å². The molecule has 0 radical (unpaired) electrons. The molecule has 0 aliphatic carbocycles. The van der Waals surface area contributed by atoms with Crippen LogP contribution in [0.4, 0.5) is 8.78 Å². The summed E-state index contributed by atoms with van der Waals surface area (Å²) in [5.74, 6) is -2.54. The van der Waals surface area contributed by atoms with Gasteiger partial charge in [0.15, 0.2) is 5.92 Å². The van der Waals surface area contributed by atoms with Gasteiger partial charge in [-0.1, -0.05) is 12.8 Å². The maximum absolute atomic E-state index is 12.8. The lowest BCUT2D eigenvalue weighted by Crippen LogP contribution is -2.32. The van der Waals surface area contributed by atoms with Gasteiger partial charge in [-0.2, -0.15) is 0 Å². The number of carbonyl (C=O) groups is 1. The predicted octanol–water partition coefficient (Wildman–Crippen LogP) is 1.76. The molecular formula is C8H10F2O2. The minimum atomic E-state index is -3.24. The van der Waals surface area contributed by atoms with E-state index in [4.69, 9.17) is 5.11 Å². The highest BCUT2D eigenvalue weighted by atomic mass is 19.3. The number of carboxylic acid groups (broad SMARTS) is 1. The van der Waals surface area contributed by atoms with E-state index in [1.165, 1.54) is 13.8 Å². The van der Waals surface area contributed by atoms with Gasteiger partial charge in [0.2, 0.25) is 0 Å². The van der Waals surface area contributed by atoms with E-state index in [0.717, 1.165) is 0 Å². The molecule has 12 heavy (non-hydrogen) atoms. The van der Waals surface area contributed by atoms with Crippen LogP contribution in [0.3, 0.4) is 0 Å². The van der Waals surface area contributed by atoms with Crippen molar-refractivity contribution in [1.82, 2.24) is 0 Å². The zero-order valence-electron chi connectivity index (χ0n) is 6.90. The number of alkyl halides is 2. The van der Waals surface area contributed by atoms with E-state index in [2.05, 4.69) is 5.92 Å². The summed E-state index contributed by atoms with van der Waals surface area (Å²) in [5, 5.41) is 8.39. The largest absolute Gasteiger partial charge is 0.480 e. The lowest BCUT2D eigenvalue weighted by Gasteiger charge is -2.17. The molecule has 0 aliphatic rings. The number of carboxylic acids is 1. The van der Waals surface area contributed by atoms with Gasteiger partial charge in [0.25, 0.3) is 5.92 Å². The van der Waals surface area contributed by atoms with E-state index < -0.39 is 24.2 Å². The fraction of sp³-hybridized carbons (Fsp3) is 0.625. The highest BCUT2D eigenvalue weighted by Gasteiger charge is 2.41. The van der Waals surface area contributed by atoms with Gasteiger partial charge in [-0.3, -0.25) is 4.79 Å². The predicted molar refractivity (Wildman–Crippen MR) is 39.8 cm³/mol. The summed E-state index contributed by atoms with van der Waals surface area (Å²) < 4.78 is 25.5. The van der Waals surface area contributed by atoms with Crippen molar-refractivity contribution in [3.63, 3.8) is 0 Å². The molecule has 0 aliphatic heterocycles. The fourth-order valence-electron chi connectivity index (χ4n) is 0.696. The Bertz CT molecular complexity index is 225. The first-order valence-corrected chi connectivity index (χ1v) is 3.48. The molecule has 1 atom stereocenters. The molecule has 2 nitrogen and oxygen atoms in total. The van der Waals surface area contributed by atoms with E-state index in [-0.39, 0.29) is 0 Å². The van der Waals surface area contributed by atoms with E-state index in [0.29, 0.717) is 0 Å². The molecule has 0 aromatic carbocycles. The monoisotopic (exact) mass is 176 g/mol. The van der Waals surface area contributed by atoms with Crippen LogP contribution < -0.4 is 0 Å². The van der Waals surface area contributed by atoms with Crippen LogP contribution in [-0.2, 0) is 4.79 Å². The number of hydrogen-bond donors (Lipinski definition) is 1. The Morgan fingerprint density at radius 3 is 2.42 bits per heavy atom. The highest BCUT2D eigenvalue weighted by Crippen LogP contribution is 2.27. The molecule has 4 heteroatoms. The highest BCUT2D eigenvalue weighted by molar-refractivity contribution is 5.74. The van der Waals surface area contributed by atoms with Gasteiger partial charge < -0.3 is 5.11 Å². The van der Waals surface area contributed by atoms with Crippen LogP contribution in [0.25, 0.3) is 0 Å². The number of rotatable bonds is 3. The van der Waals surface area contributed by atoms with Crippen LogP contribution in [0.15, 0.2) is 0 Å². The summed E-state index contributed by atoms with van der Waals surface area (Å²) >= 11 is 0. The zero-order valence-corrected chi connectivity index (χ0v) is 6.90. The van der Waals surface area contributed by atoms with Crippen molar-refractivity contribution in [3.8, 4) is 11.8 Å². The average Bonchev–Trinajstić information content (AvgIpc) is 1.99. The Morgan fingerprint density at radius 2 is 2.17 bits per heavy atom. The Hall–Kier alpha value is -1.11. The number of halogens is 2. The van der Waals surface area contributed by atoms with Crippen molar-refractivity contribution in [2.75, 3.05) is 0 Å². The third-order valence-electron chi connectivity index (χ3n) is 1.43. The van der Waals surface area contributed by atoms with Gasteiger partial charge >= 0.3 is 5.97 Å². The van der Waals surface area contributed by atoms with Crippen molar-refractivity contribution < 1.29 is 18.7 Å². The molecule has 0 heterocycles. The quantitative estimate of drug-likeness (QED) is 0.665. The molecule has 0 bridgehead atoms. The topological polar surface area (TPSA) is 37.3 Å². The summed E-state index contributed by atoms with van der Waals surface area (Å²) in [6.07, 6.45) is -0.515. The molecule has 0 saturated heterocycles. The minimum Gasteiger partial charge on any atom is -0.480 e. The van der Waals surface area contributed by atoms with E-state index >= 15 is 0 Å². The van der Waals surface area contributed by atoms with Crippen LogP contribution >= 0.6 is 0 Å². The van der Waals surface area contributed by atoms with Crippen molar-refractivity contribution in [3.05, 3.63) is 0 Å². The zero-order chi connectivity index (χ0) is 9.78. The first kappa shape index (κ1) is 10.9. The third kappa shape index (κ3) is 2.50. The van der Waals surface area contributed by atoms with Gasteiger partial charge in [0, 0.05) is 6.42 Å². The summed E-state index contributed by atoms with van der Waals surface area (Å²) in [6, 6.07) is 0. The third-order valence-corrected chi connectivity index (χ3v) is 1.43. The maximum atomic E-state index is 12.8. The normalized spacial score (nSPS) is 13.0. The first-order valence-electron chi connectivity index (χ1n) is 3.48. The molecule has 0 fully saturated rings. The van der Waals surface area contributed by atoms with Crippen molar-refractivity contribution in [1.29, 1.82) is 0 Å². The fourth-order valence-corrected chi connectivity index (χ4v) is 0.696. The Morgan fingerprint density at radius 1 is 1.67 bits per heavy atom. The number of hydrogen-bond acceptors (Lipinski definition) is 1. The van der Waals surface area contributed by atoms with Crippen molar-refractivity contribution in [2.45, 2.75) is 26.2 Å². The molecule has 1 N–H and O–H groups in total. The van der Waals surface area contributed by atoms with Crippen LogP contribution in [0.5, 0.6) is 0 Å². The minimum absolute atomic E-state index is 0.515. The summed E-state index contributed by atoms with van der Waals surface area (Å²) in [6.45, 7) is 2.56.